The molecule has 21 heavy (non-hydrogen) atoms. The molecule has 1 aliphatic heterocycles. The van der Waals surface area contributed by atoms with E-state index in [1.807, 2.05) is 0 Å². The van der Waals surface area contributed by atoms with Gasteiger partial charge in [-0.3, -0.25) is 0 Å². The largest absolute Gasteiger partial charge is 0.379 e. The van der Waals surface area contributed by atoms with E-state index in [1.54, 1.807) is 0 Å². The Kier molecular flexibility index (Phi) is 3.44. The Morgan fingerprint density at radius 3 is 2.38 bits per heavy atom. The first-order valence-corrected chi connectivity index (χ1v) is 7.71. The second-order valence-electron chi connectivity index (χ2n) is 7.05. The topological polar surface area (TPSA) is 32.0 Å². The Bertz CT molecular complexity index is 620. The van der Waals surface area contributed by atoms with Gasteiger partial charge >= 0.3 is 0 Å². The third kappa shape index (κ3) is 2.53. The van der Waals surface area contributed by atoms with Crippen molar-refractivity contribution in [1.29, 1.82) is 0 Å². The van der Waals surface area contributed by atoms with Crippen LogP contribution in [0.25, 0.3) is 5.82 Å². The molecule has 1 atom stereocenters. The van der Waals surface area contributed by atoms with E-state index in [9.17, 15) is 0 Å². The van der Waals surface area contributed by atoms with Crippen LogP contribution in [0.1, 0.15) is 50.3 Å². The van der Waals surface area contributed by atoms with Crippen molar-refractivity contribution in [3.05, 3.63) is 35.3 Å². The SMILES string of the molecule is Cc1ccc(C)n1-c1cc(C(C)(C)C)nn1[C@@H]1CCOC1. The number of rotatable bonds is 2. The zero-order valence-electron chi connectivity index (χ0n) is 13.7. The van der Waals surface area contributed by atoms with Crippen molar-refractivity contribution in [3.63, 3.8) is 0 Å². The zero-order valence-corrected chi connectivity index (χ0v) is 13.7. The van der Waals surface area contributed by atoms with Crippen LogP contribution in [-0.4, -0.2) is 27.6 Å². The van der Waals surface area contributed by atoms with E-state index in [0.29, 0.717) is 6.04 Å². The third-order valence-corrected chi connectivity index (χ3v) is 4.24. The van der Waals surface area contributed by atoms with Gasteiger partial charge in [0.2, 0.25) is 0 Å². The van der Waals surface area contributed by atoms with Gasteiger partial charge in [0.1, 0.15) is 5.82 Å². The summed E-state index contributed by atoms with van der Waals surface area (Å²) in [6.45, 7) is 12.5. The number of hydrogen-bond acceptors (Lipinski definition) is 2. The lowest BCUT2D eigenvalue weighted by Crippen LogP contribution is -2.17. The molecule has 0 unspecified atom stereocenters. The maximum atomic E-state index is 5.57. The molecule has 4 nitrogen and oxygen atoms in total. The van der Waals surface area contributed by atoms with Crippen LogP contribution < -0.4 is 0 Å². The number of nitrogens with zero attached hydrogens (tertiary/aromatic N) is 3. The average molecular weight is 287 g/mol. The van der Waals surface area contributed by atoms with Crippen LogP contribution in [-0.2, 0) is 10.2 Å². The van der Waals surface area contributed by atoms with Crippen molar-refractivity contribution >= 4 is 0 Å². The Morgan fingerprint density at radius 1 is 1.19 bits per heavy atom. The first kappa shape index (κ1) is 14.4. The molecule has 3 heterocycles. The molecule has 4 heteroatoms. The first-order valence-electron chi connectivity index (χ1n) is 7.71. The molecule has 0 saturated carbocycles. The van der Waals surface area contributed by atoms with Crippen molar-refractivity contribution in [2.75, 3.05) is 13.2 Å². The molecule has 0 aliphatic carbocycles. The molecular formula is C17H25N3O. The molecular weight excluding hydrogens is 262 g/mol. The molecule has 114 valence electrons. The van der Waals surface area contributed by atoms with Crippen molar-refractivity contribution in [3.8, 4) is 5.82 Å². The molecule has 1 saturated heterocycles. The summed E-state index contributed by atoms with van der Waals surface area (Å²) >= 11 is 0. The summed E-state index contributed by atoms with van der Waals surface area (Å²) in [5.41, 5.74) is 3.67. The van der Waals surface area contributed by atoms with E-state index in [1.165, 1.54) is 11.4 Å². The Morgan fingerprint density at radius 2 is 1.86 bits per heavy atom. The van der Waals surface area contributed by atoms with Crippen molar-refractivity contribution in [2.24, 2.45) is 0 Å². The van der Waals surface area contributed by atoms with Gasteiger partial charge in [0, 0.05) is 29.5 Å². The quantitative estimate of drug-likeness (QED) is 0.846. The molecule has 0 bridgehead atoms. The van der Waals surface area contributed by atoms with Crippen LogP contribution in [0.4, 0.5) is 0 Å². The van der Waals surface area contributed by atoms with Crippen LogP contribution in [0.5, 0.6) is 0 Å². The third-order valence-electron chi connectivity index (χ3n) is 4.24. The molecule has 2 aromatic rings. The van der Waals surface area contributed by atoms with Crippen LogP contribution in [0.2, 0.25) is 0 Å². The Balaban J connectivity index is 2.15. The molecule has 0 amide bonds. The molecule has 2 aromatic heterocycles. The second kappa shape index (κ2) is 5.02. The lowest BCUT2D eigenvalue weighted by atomic mass is 9.92. The summed E-state index contributed by atoms with van der Waals surface area (Å²) in [5, 5.41) is 4.92. The molecule has 1 fully saturated rings. The normalized spacial score (nSPS) is 19.4. The second-order valence-corrected chi connectivity index (χ2v) is 7.05. The molecule has 0 radical (unpaired) electrons. The van der Waals surface area contributed by atoms with Gasteiger partial charge in [0.05, 0.1) is 18.3 Å². The predicted octanol–water partition coefficient (Wildman–Crippen LogP) is 3.55. The smallest absolute Gasteiger partial charge is 0.136 e. The van der Waals surface area contributed by atoms with Crippen LogP contribution in [0.3, 0.4) is 0 Å². The van der Waals surface area contributed by atoms with Gasteiger partial charge in [0.25, 0.3) is 0 Å². The highest BCUT2D eigenvalue weighted by atomic mass is 16.5. The van der Waals surface area contributed by atoms with Crippen molar-refractivity contribution in [2.45, 2.75) is 52.5 Å². The average Bonchev–Trinajstić information content (AvgIpc) is 3.07. The monoisotopic (exact) mass is 287 g/mol. The van der Waals surface area contributed by atoms with Gasteiger partial charge in [-0.15, -0.1) is 0 Å². The van der Waals surface area contributed by atoms with Crippen molar-refractivity contribution < 1.29 is 4.74 Å². The van der Waals surface area contributed by atoms with E-state index in [4.69, 9.17) is 9.84 Å². The van der Waals surface area contributed by atoms with Crippen LogP contribution in [0, 0.1) is 13.8 Å². The fourth-order valence-corrected chi connectivity index (χ4v) is 2.93. The summed E-state index contributed by atoms with van der Waals surface area (Å²) in [5.74, 6) is 1.16. The Labute approximate surface area is 126 Å². The van der Waals surface area contributed by atoms with E-state index in [2.05, 4.69) is 62.1 Å². The number of hydrogen-bond donors (Lipinski definition) is 0. The lowest BCUT2D eigenvalue weighted by Gasteiger charge is -2.16. The van der Waals surface area contributed by atoms with E-state index >= 15 is 0 Å². The fraction of sp³-hybridized carbons (Fsp3) is 0.588. The fourth-order valence-electron chi connectivity index (χ4n) is 2.93. The maximum Gasteiger partial charge on any atom is 0.136 e. The first-order chi connectivity index (χ1) is 9.88. The summed E-state index contributed by atoms with van der Waals surface area (Å²) < 4.78 is 10.0. The highest BCUT2D eigenvalue weighted by molar-refractivity contribution is 5.36. The Hall–Kier alpha value is -1.55. The number of aryl methyl sites for hydroxylation is 2. The summed E-state index contributed by atoms with van der Waals surface area (Å²) in [7, 11) is 0. The van der Waals surface area contributed by atoms with E-state index in [0.717, 1.165) is 31.1 Å². The highest BCUT2D eigenvalue weighted by Gasteiger charge is 2.27. The minimum Gasteiger partial charge on any atom is -0.379 e. The molecule has 1 aliphatic rings. The van der Waals surface area contributed by atoms with Gasteiger partial charge < -0.3 is 9.30 Å². The van der Waals surface area contributed by atoms with Gasteiger partial charge in [0.15, 0.2) is 0 Å². The molecule has 3 rings (SSSR count). The summed E-state index contributed by atoms with van der Waals surface area (Å²) in [6, 6.07) is 6.90. The molecule has 0 spiro atoms. The van der Waals surface area contributed by atoms with E-state index < -0.39 is 0 Å². The molecule has 0 aromatic carbocycles. The summed E-state index contributed by atoms with van der Waals surface area (Å²) in [4.78, 5) is 0. The van der Waals surface area contributed by atoms with E-state index in [-0.39, 0.29) is 5.41 Å². The maximum absolute atomic E-state index is 5.57. The molecule has 0 N–H and O–H groups in total. The van der Waals surface area contributed by atoms with Gasteiger partial charge in [-0.1, -0.05) is 20.8 Å². The van der Waals surface area contributed by atoms with Gasteiger partial charge in [-0.05, 0) is 32.4 Å². The van der Waals surface area contributed by atoms with Crippen LogP contribution in [0.15, 0.2) is 18.2 Å². The summed E-state index contributed by atoms with van der Waals surface area (Å²) in [6.07, 6.45) is 1.04. The zero-order chi connectivity index (χ0) is 15.2. The minimum atomic E-state index is 0.0500. The van der Waals surface area contributed by atoms with Crippen molar-refractivity contribution in [1.82, 2.24) is 14.3 Å². The van der Waals surface area contributed by atoms with Crippen LogP contribution >= 0.6 is 0 Å². The highest BCUT2D eigenvalue weighted by Crippen LogP contribution is 2.29. The number of aromatic nitrogens is 3. The van der Waals surface area contributed by atoms with Gasteiger partial charge in [-0.2, -0.15) is 5.10 Å². The lowest BCUT2D eigenvalue weighted by molar-refractivity contribution is 0.184. The van der Waals surface area contributed by atoms with Gasteiger partial charge in [-0.25, -0.2) is 4.68 Å². The minimum absolute atomic E-state index is 0.0500. The number of ether oxygens (including phenoxy) is 1. The predicted molar refractivity (Wildman–Crippen MR) is 84.2 cm³/mol. The standard InChI is InChI=1S/C17H25N3O/c1-12-6-7-13(2)19(12)16-10-15(17(3,4)5)18-20(16)14-8-9-21-11-14/h6-7,10,14H,8-9,11H2,1-5H3/t14-/m1/s1.